The van der Waals surface area contributed by atoms with Crippen molar-refractivity contribution in [2.24, 2.45) is 0 Å². The fourth-order valence-corrected chi connectivity index (χ4v) is 4.32. The third kappa shape index (κ3) is 7.32. The maximum atomic E-state index is 12.5. The van der Waals surface area contributed by atoms with E-state index in [0.717, 1.165) is 18.4 Å². The van der Waals surface area contributed by atoms with E-state index in [1.54, 1.807) is 13.2 Å². The third-order valence-electron chi connectivity index (χ3n) is 4.66. The molecule has 1 heterocycles. The Morgan fingerprint density at radius 1 is 1.20 bits per heavy atom. The molecule has 1 aromatic carbocycles. The summed E-state index contributed by atoms with van der Waals surface area (Å²) in [7, 11) is 1.59. The van der Waals surface area contributed by atoms with E-state index >= 15 is 0 Å². The topological polar surface area (TPSA) is 76.1 Å². The predicted octanol–water partition coefficient (Wildman–Crippen LogP) is 5.11. The molecule has 1 saturated heterocycles. The highest BCUT2D eigenvalue weighted by molar-refractivity contribution is 8.26. The summed E-state index contributed by atoms with van der Waals surface area (Å²) in [5.74, 6) is 0.0521. The SMILES string of the molecule is CCCCCCCCOc1ccc(C=C2SC(=S)N(CCC(=O)O)C2=O)cc1OC. The molecule has 1 N–H and O–H groups in total. The van der Waals surface area contributed by atoms with Crippen LogP contribution in [0.1, 0.15) is 57.4 Å². The van der Waals surface area contributed by atoms with Crippen LogP contribution in [-0.4, -0.2) is 46.5 Å². The highest BCUT2D eigenvalue weighted by Gasteiger charge is 2.32. The number of unbranched alkanes of at least 4 members (excludes halogenated alkanes) is 5. The first-order valence-corrected chi connectivity index (χ1v) is 11.5. The first-order valence-electron chi connectivity index (χ1n) is 10.2. The van der Waals surface area contributed by atoms with E-state index in [4.69, 9.17) is 26.8 Å². The molecule has 0 atom stereocenters. The number of thiocarbonyl (C=S) groups is 1. The standard InChI is InChI=1S/C22H29NO5S2/c1-3-4-5-6-7-8-13-28-17-10-9-16(14-18(17)27-2)15-19-21(26)23(22(29)30-19)12-11-20(24)25/h9-10,14-15H,3-8,11-13H2,1-2H3,(H,24,25). The second kappa shape index (κ2) is 12.6. The van der Waals surface area contributed by atoms with Gasteiger partial charge >= 0.3 is 5.97 Å². The maximum Gasteiger partial charge on any atom is 0.305 e. The second-order valence-corrected chi connectivity index (χ2v) is 8.68. The van der Waals surface area contributed by atoms with Crippen LogP contribution in [0.3, 0.4) is 0 Å². The van der Waals surface area contributed by atoms with Crippen molar-refractivity contribution in [3.05, 3.63) is 28.7 Å². The number of rotatable bonds is 13. The Labute approximate surface area is 187 Å². The van der Waals surface area contributed by atoms with Crippen LogP contribution in [0.25, 0.3) is 6.08 Å². The molecule has 1 aliphatic rings. The van der Waals surface area contributed by atoms with Gasteiger partial charge in [-0.1, -0.05) is 69.1 Å². The van der Waals surface area contributed by atoms with Crippen molar-refractivity contribution in [1.29, 1.82) is 0 Å². The highest BCUT2D eigenvalue weighted by atomic mass is 32.2. The zero-order valence-electron chi connectivity index (χ0n) is 17.5. The van der Waals surface area contributed by atoms with Crippen LogP contribution in [0.5, 0.6) is 11.5 Å². The van der Waals surface area contributed by atoms with Gasteiger partial charge in [-0.05, 0) is 30.2 Å². The zero-order chi connectivity index (χ0) is 21.9. The minimum absolute atomic E-state index is 0.0753. The number of methoxy groups -OCH3 is 1. The molecule has 8 heteroatoms. The number of hydrogen-bond acceptors (Lipinski definition) is 6. The van der Waals surface area contributed by atoms with Gasteiger partial charge in [-0.2, -0.15) is 0 Å². The van der Waals surface area contributed by atoms with Crippen LogP contribution in [0.15, 0.2) is 23.1 Å². The van der Waals surface area contributed by atoms with Crippen LogP contribution < -0.4 is 9.47 Å². The monoisotopic (exact) mass is 451 g/mol. The lowest BCUT2D eigenvalue weighted by molar-refractivity contribution is -0.137. The van der Waals surface area contributed by atoms with Gasteiger partial charge in [-0.3, -0.25) is 14.5 Å². The molecule has 1 aliphatic heterocycles. The number of carboxylic acid groups (broad SMARTS) is 1. The molecule has 0 saturated carbocycles. The summed E-state index contributed by atoms with van der Waals surface area (Å²) in [4.78, 5) is 25.1. The fourth-order valence-electron chi connectivity index (χ4n) is 3.01. The Kier molecular flexibility index (Phi) is 10.2. The molecule has 0 unspecified atom stereocenters. The molecule has 2 rings (SSSR count). The molecule has 1 fully saturated rings. The first kappa shape index (κ1) is 24.2. The fraction of sp³-hybridized carbons (Fsp3) is 0.500. The number of amides is 1. The summed E-state index contributed by atoms with van der Waals surface area (Å²) >= 11 is 6.39. The summed E-state index contributed by atoms with van der Waals surface area (Å²) in [6.07, 6.45) is 8.80. The molecule has 0 bridgehead atoms. The van der Waals surface area contributed by atoms with Crippen molar-refractivity contribution in [2.45, 2.75) is 51.9 Å². The Balaban J connectivity index is 1.96. The van der Waals surface area contributed by atoms with Crippen molar-refractivity contribution in [1.82, 2.24) is 4.90 Å². The van der Waals surface area contributed by atoms with Crippen molar-refractivity contribution >= 4 is 46.3 Å². The molecule has 0 aromatic heterocycles. The predicted molar refractivity (Wildman–Crippen MR) is 124 cm³/mol. The van der Waals surface area contributed by atoms with Crippen LogP contribution in [0, 0.1) is 0 Å². The molecular weight excluding hydrogens is 422 g/mol. The lowest BCUT2D eigenvalue weighted by Crippen LogP contribution is -2.30. The summed E-state index contributed by atoms with van der Waals surface area (Å²) in [6.45, 7) is 2.93. The van der Waals surface area contributed by atoms with E-state index in [1.807, 2.05) is 18.2 Å². The van der Waals surface area contributed by atoms with Gasteiger partial charge in [0.1, 0.15) is 4.32 Å². The Morgan fingerprint density at radius 2 is 1.93 bits per heavy atom. The van der Waals surface area contributed by atoms with E-state index < -0.39 is 5.97 Å². The Morgan fingerprint density at radius 3 is 2.63 bits per heavy atom. The number of carbonyl (C=O) groups is 2. The average molecular weight is 452 g/mol. The van der Waals surface area contributed by atoms with Gasteiger partial charge in [0.25, 0.3) is 5.91 Å². The van der Waals surface area contributed by atoms with Gasteiger partial charge in [-0.15, -0.1) is 0 Å². The lowest BCUT2D eigenvalue weighted by atomic mass is 10.1. The van der Waals surface area contributed by atoms with E-state index in [2.05, 4.69) is 6.92 Å². The molecular formula is C22H29NO5S2. The average Bonchev–Trinajstić information content (AvgIpc) is 2.98. The molecule has 0 radical (unpaired) electrons. The normalized spacial score (nSPS) is 15.1. The van der Waals surface area contributed by atoms with E-state index in [9.17, 15) is 9.59 Å². The smallest absolute Gasteiger partial charge is 0.305 e. The number of carbonyl (C=O) groups excluding carboxylic acids is 1. The van der Waals surface area contributed by atoms with Crippen LogP contribution in [0.2, 0.25) is 0 Å². The van der Waals surface area contributed by atoms with Gasteiger partial charge in [0.05, 0.1) is 25.0 Å². The van der Waals surface area contributed by atoms with Gasteiger partial charge < -0.3 is 14.6 Å². The van der Waals surface area contributed by atoms with Gasteiger partial charge in [-0.25, -0.2) is 0 Å². The van der Waals surface area contributed by atoms with E-state index in [-0.39, 0.29) is 18.9 Å². The van der Waals surface area contributed by atoms with E-state index in [1.165, 1.54) is 42.3 Å². The van der Waals surface area contributed by atoms with Crippen LogP contribution >= 0.6 is 24.0 Å². The first-order chi connectivity index (χ1) is 14.5. The Bertz CT molecular complexity index is 794. The number of carboxylic acids is 1. The highest BCUT2D eigenvalue weighted by Crippen LogP contribution is 2.34. The second-order valence-electron chi connectivity index (χ2n) is 7.00. The van der Waals surface area contributed by atoms with Crippen molar-refractivity contribution in [3.63, 3.8) is 0 Å². The van der Waals surface area contributed by atoms with Crippen molar-refractivity contribution in [2.75, 3.05) is 20.3 Å². The molecule has 0 aliphatic carbocycles. The van der Waals surface area contributed by atoms with Crippen molar-refractivity contribution < 1.29 is 24.2 Å². The van der Waals surface area contributed by atoms with Crippen LogP contribution in [-0.2, 0) is 9.59 Å². The molecule has 1 amide bonds. The molecule has 30 heavy (non-hydrogen) atoms. The molecule has 164 valence electrons. The number of aliphatic carboxylic acids is 1. The summed E-state index contributed by atoms with van der Waals surface area (Å²) in [5.41, 5.74) is 0.789. The van der Waals surface area contributed by atoms with Crippen molar-refractivity contribution in [3.8, 4) is 11.5 Å². The molecule has 6 nitrogen and oxygen atoms in total. The quantitative estimate of drug-likeness (QED) is 0.254. The number of thioether (sulfide) groups is 1. The van der Waals surface area contributed by atoms with Gasteiger partial charge in [0, 0.05) is 6.54 Å². The third-order valence-corrected chi connectivity index (χ3v) is 6.04. The minimum atomic E-state index is -0.964. The Hall–Kier alpha value is -2.06. The van der Waals surface area contributed by atoms with Crippen LogP contribution in [0.4, 0.5) is 0 Å². The maximum absolute atomic E-state index is 12.5. The summed E-state index contributed by atoms with van der Waals surface area (Å²) < 4.78 is 11.7. The minimum Gasteiger partial charge on any atom is -0.493 e. The summed E-state index contributed by atoms with van der Waals surface area (Å²) in [6, 6.07) is 5.52. The molecule has 1 aromatic rings. The van der Waals surface area contributed by atoms with E-state index in [0.29, 0.717) is 27.3 Å². The number of benzene rings is 1. The number of hydrogen-bond donors (Lipinski definition) is 1. The number of ether oxygens (including phenoxy) is 2. The zero-order valence-corrected chi connectivity index (χ0v) is 19.2. The van der Waals surface area contributed by atoms with Gasteiger partial charge in [0.15, 0.2) is 11.5 Å². The summed E-state index contributed by atoms with van der Waals surface area (Å²) in [5, 5.41) is 8.83. The number of nitrogens with zero attached hydrogens (tertiary/aromatic N) is 1. The van der Waals surface area contributed by atoms with Gasteiger partial charge in [0.2, 0.25) is 0 Å². The lowest BCUT2D eigenvalue weighted by Gasteiger charge is -2.12. The molecule has 0 spiro atoms. The largest absolute Gasteiger partial charge is 0.493 e.